The Balaban J connectivity index is 1.85. The lowest BCUT2D eigenvalue weighted by Crippen LogP contribution is -2.36. The van der Waals surface area contributed by atoms with Crippen molar-refractivity contribution in [3.63, 3.8) is 0 Å². The van der Waals surface area contributed by atoms with Crippen molar-refractivity contribution in [3.05, 3.63) is 30.2 Å². The number of ether oxygens (including phenoxy) is 1. The molecule has 1 amide bonds. The Morgan fingerprint density at radius 3 is 3.00 bits per heavy atom. The van der Waals surface area contributed by atoms with E-state index in [1.165, 1.54) is 0 Å². The molecule has 0 aromatic carbocycles. The number of furan rings is 1. The van der Waals surface area contributed by atoms with Crippen LogP contribution in [0.15, 0.2) is 28.8 Å². The maximum absolute atomic E-state index is 12.3. The highest BCUT2D eigenvalue weighted by atomic mass is 16.6. The molecule has 1 aliphatic heterocycles. The van der Waals surface area contributed by atoms with E-state index in [4.69, 9.17) is 9.15 Å². The van der Waals surface area contributed by atoms with E-state index in [2.05, 4.69) is 4.98 Å². The summed E-state index contributed by atoms with van der Waals surface area (Å²) in [6.45, 7) is 6.33. The number of likely N-dealkylation sites (tertiary alicyclic amines) is 1. The molecule has 0 aliphatic carbocycles. The molecule has 1 unspecified atom stereocenters. The third-order valence-corrected chi connectivity index (χ3v) is 3.52. The maximum Gasteiger partial charge on any atom is 0.410 e. The van der Waals surface area contributed by atoms with Gasteiger partial charge in [0.05, 0.1) is 6.04 Å². The van der Waals surface area contributed by atoms with E-state index in [0.29, 0.717) is 6.54 Å². The molecule has 5 heteroatoms. The van der Waals surface area contributed by atoms with Gasteiger partial charge >= 0.3 is 6.09 Å². The van der Waals surface area contributed by atoms with Crippen LogP contribution in [0.2, 0.25) is 0 Å². The third-order valence-electron chi connectivity index (χ3n) is 3.52. The first-order valence-corrected chi connectivity index (χ1v) is 7.28. The SMILES string of the molecule is CC(C)(C)OC(=O)N1CCCC1c1cc2ncccc2o1. The Bertz CT molecular complexity index is 624. The van der Waals surface area contributed by atoms with E-state index in [9.17, 15) is 4.79 Å². The Kier molecular flexibility index (Phi) is 3.35. The van der Waals surface area contributed by atoms with Crippen LogP contribution in [0.25, 0.3) is 11.1 Å². The van der Waals surface area contributed by atoms with Crippen LogP contribution in [0.4, 0.5) is 4.79 Å². The van der Waals surface area contributed by atoms with Crippen molar-refractivity contribution in [1.82, 2.24) is 9.88 Å². The first-order chi connectivity index (χ1) is 9.94. The molecule has 3 rings (SSSR count). The van der Waals surface area contributed by atoms with Crippen LogP contribution < -0.4 is 0 Å². The highest BCUT2D eigenvalue weighted by Gasteiger charge is 2.35. The molecular weight excluding hydrogens is 268 g/mol. The fourth-order valence-corrected chi connectivity index (χ4v) is 2.65. The van der Waals surface area contributed by atoms with Gasteiger partial charge in [0.2, 0.25) is 0 Å². The number of pyridine rings is 1. The molecule has 0 spiro atoms. The first-order valence-electron chi connectivity index (χ1n) is 7.28. The molecule has 0 bridgehead atoms. The fourth-order valence-electron chi connectivity index (χ4n) is 2.65. The molecule has 5 nitrogen and oxygen atoms in total. The zero-order valence-corrected chi connectivity index (χ0v) is 12.6. The summed E-state index contributed by atoms with van der Waals surface area (Å²) in [5, 5.41) is 0. The lowest BCUT2D eigenvalue weighted by atomic mass is 10.1. The minimum absolute atomic E-state index is 0.0611. The van der Waals surface area contributed by atoms with E-state index < -0.39 is 5.60 Å². The number of rotatable bonds is 1. The molecule has 2 aromatic heterocycles. The van der Waals surface area contributed by atoms with Crippen LogP contribution in [0, 0.1) is 0 Å². The Morgan fingerprint density at radius 1 is 1.48 bits per heavy atom. The molecule has 1 saturated heterocycles. The summed E-state index contributed by atoms with van der Waals surface area (Å²) in [4.78, 5) is 18.3. The third kappa shape index (κ3) is 2.86. The summed E-state index contributed by atoms with van der Waals surface area (Å²) in [6.07, 6.45) is 3.30. The summed E-state index contributed by atoms with van der Waals surface area (Å²) in [5.74, 6) is 0.784. The smallest absolute Gasteiger partial charge is 0.410 e. The van der Waals surface area contributed by atoms with E-state index in [-0.39, 0.29) is 12.1 Å². The van der Waals surface area contributed by atoms with Crippen LogP contribution in [0.1, 0.15) is 45.4 Å². The maximum atomic E-state index is 12.3. The van der Waals surface area contributed by atoms with Crippen LogP contribution >= 0.6 is 0 Å². The molecule has 0 saturated carbocycles. The van der Waals surface area contributed by atoms with Gasteiger partial charge in [-0.15, -0.1) is 0 Å². The number of nitrogens with zero attached hydrogens (tertiary/aromatic N) is 2. The van der Waals surface area contributed by atoms with Crippen LogP contribution in [-0.4, -0.2) is 28.1 Å². The minimum Gasteiger partial charge on any atom is -0.457 e. The molecule has 1 fully saturated rings. The van der Waals surface area contributed by atoms with Gasteiger partial charge in [0.25, 0.3) is 0 Å². The van der Waals surface area contributed by atoms with Gasteiger partial charge < -0.3 is 9.15 Å². The van der Waals surface area contributed by atoms with E-state index >= 15 is 0 Å². The van der Waals surface area contributed by atoms with Crippen molar-refractivity contribution in [2.45, 2.75) is 45.3 Å². The number of hydrogen-bond acceptors (Lipinski definition) is 4. The van der Waals surface area contributed by atoms with Gasteiger partial charge in [-0.2, -0.15) is 0 Å². The molecule has 21 heavy (non-hydrogen) atoms. The van der Waals surface area contributed by atoms with E-state index in [0.717, 1.165) is 29.7 Å². The van der Waals surface area contributed by atoms with Crippen LogP contribution in [0.5, 0.6) is 0 Å². The largest absolute Gasteiger partial charge is 0.457 e. The molecule has 1 aliphatic rings. The molecule has 1 atom stereocenters. The Hall–Kier alpha value is -2.04. The highest BCUT2D eigenvalue weighted by molar-refractivity contribution is 5.74. The topological polar surface area (TPSA) is 55.6 Å². The van der Waals surface area contributed by atoms with Crippen molar-refractivity contribution in [2.24, 2.45) is 0 Å². The van der Waals surface area contributed by atoms with E-state index in [1.54, 1.807) is 11.1 Å². The summed E-state index contributed by atoms with van der Waals surface area (Å²) in [7, 11) is 0. The molecule has 3 heterocycles. The van der Waals surface area contributed by atoms with Gasteiger partial charge in [-0.1, -0.05) is 0 Å². The molecule has 2 aromatic rings. The van der Waals surface area contributed by atoms with E-state index in [1.807, 2.05) is 39.0 Å². The van der Waals surface area contributed by atoms with Crippen LogP contribution in [0.3, 0.4) is 0 Å². The van der Waals surface area contributed by atoms with Gasteiger partial charge in [-0.3, -0.25) is 9.88 Å². The normalized spacial score (nSPS) is 19.2. The second-order valence-electron chi connectivity index (χ2n) is 6.37. The standard InChI is InChI=1S/C16H20N2O3/c1-16(2,3)21-15(19)18-9-5-6-12(18)14-10-11-13(20-14)7-4-8-17-11/h4,7-8,10,12H,5-6,9H2,1-3H3. The van der Waals surface area contributed by atoms with Crippen LogP contribution in [-0.2, 0) is 4.74 Å². The summed E-state index contributed by atoms with van der Waals surface area (Å²) in [5.41, 5.74) is 1.09. The fraction of sp³-hybridized carbons (Fsp3) is 0.500. The number of amides is 1. The molecular formula is C16H20N2O3. The number of hydrogen-bond donors (Lipinski definition) is 0. The van der Waals surface area contributed by atoms with Gasteiger partial charge in [0, 0.05) is 18.8 Å². The second-order valence-corrected chi connectivity index (χ2v) is 6.37. The van der Waals surface area contributed by atoms with Gasteiger partial charge in [-0.05, 0) is 45.7 Å². The lowest BCUT2D eigenvalue weighted by Gasteiger charge is -2.27. The predicted molar refractivity (Wildman–Crippen MR) is 78.9 cm³/mol. The summed E-state index contributed by atoms with van der Waals surface area (Å²) < 4.78 is 11.3. The number of carbonyl (C=O) groups excluding carboxylic acids is 1. The molecule has 0 N–H and O–H groups in total. The van der Waals surface area contributed by atoms with Crippen molar-refractivity contribution >= 4 is 17.2 Å². The highest BCUT2D eigenvalue weighted by Crippen LogP contribution is 2.35. The summed E-state index contributed by atoms with van der Waals surface area (Å²) in [6, 6.07) is 5.59. The summed E-state index contributed by atoms with van der Waals surface area (Å²) >= 11 is 0. The zero-order valence-electron chi connectivity index (χ0n) is 12.6. The van der Waals surface area contributed by atoms with Crippen molar-refractivity contribution in [3.8, 4) is 0 Å². The second kappa shape index (κ2) is 5.06. The van der Waals surface area contributed by atoms with Crippen molar-refractivity contribution in [2.75, 3.05) is 6.54 Å². The number of carbonyl (C=O) groups is 1. The predicted octanol–water partition coefficient (Wildman–Crippen LogP) is 3.90. The number of fused-ring (bicyclic) bond motifs is 1. The molecule has 112 valence electrons. The minimum atomic E-state index is -0.486. The average Bonchev–Trinajstić information content (AvgIpc) is 3.02. The van der Waals surface area contributed by atoms with Gasteiger partial charge in [-0.25, -0.2) is 4.79 Å². The average molecular weight is 288 g/mol. The van der Waals surface area contributed by atoms with Crippen molar-refractivity contribution < 1.29 is 13.9 Å². The number of aromatic nitrogens is 1. The van der Waals surface area contributed by atoms with Gasteiger partial charge in [0.1, 0.15) is 16.9 Å². The Labute approximate surface area is 123 Å². The quantitative estimate of drug-likeness (QED) is 0.798. The van der Waals surface area contributed by atoms with Gasteiger partial charge in [0.15, 0.2) is 5.58 Å². The lowest BCUT2D eigenvalue weighted by molar-refractivity contribution is 0.0209. The molecule has 0 radical (unpaired) electrons. The zero-order chi connectivity index (χ0) is 15.0. The first kappa shape index (κ1) is 13.9. The Morgan fingerprint density at radius 2 is 2.29 bits per heavy atom. The monoisotopic (exact) mass is 288 g/mol. The van der Waals surface area contributed by atoms with Crippen molar-refractivity contribution in [1.29, 1.82) is 0 Å².